The minimum absolute atomic E-state index is 0.0907. The third-order valence-electron chi connectivity index (χ3n) is 2.27. The average Bonchev–Trinajstić information content (AvgIpc) is 2.34. The molecule has 0 unspecified atom stereocenters. The maximum Gasteiger partial charge on any atom is 0.305 e. The molecule has 1 N–H and O–H groups in total. The lowest BCUT2D eigenvalue weighted by Gasteiger charge is -2.15. The molecule has 1 aromatic rings. The van der Waals surface area contributed by atoms with Gasteiger partial charge in [-0.1, -0.05) is 12.1 Å². The van der Waals surface area contributed by atoms with Crippen molar-refractivity contribution < 1.29 is 19.1 Å². The predicted molar refractivity (Wildman–Crippen MR) is 67.0 cm³/mol. The topological polar surface area (TPSA) is 57.6 Å². The second kappa shape index (κ2) is 7.00. The molecule has 0 radical (unpaired) electrons. The lowest BCUT2D eigenvalue weighted by Crippen LogP contribution is -2.30. The van der Waals surface area contributed by atoms with Crippen molar-refractivity contribution in [1.82, 2.24) is 4.90 Å². The molecule has 0 fully saturated rings. The summed E-state index contributed by atoms with van der Waals surface area (Å²) in [5.41, 5.74) is 0. The Morgan fingerprint density at radius 2 is 2.06 bits per heavy atom. The Bertz CT molecular complexity index is 439. The number of carbonyl (C=O) groups excluding carboxylic acids is 1. The van der Waals surface area contributed by atoms with Crippen molar-refractivity contribution in [1.29, 1.82) is 0 Å². The Morgan fingerprint density at radius 3 is 2.67 bits per heavy atom. The largest absolute Gasteiger partial charge is 0.481 e. The molecule has 0 aliphatic carbocycles. The molecule has 98 valence electrons. The minimum atomic E-state index is -0.948. The van der Waals surface area contributed by atoms with Crippen LogP contribution in [0.4, 0.5) is 4.39 Å². The Labute approximate surface area is 109 Å². The second-order valence-corrected chi connectivity index (χ2v) is 4.70. The van der Waals surface area contributed by atoms with Crippen LogP contribution in [0.5, 0.6) is 0 Å². The molecule has 0 aliphatic rings. The number of carboxylic acids is 1. The zero-order chi connectivity index (χ0) is 13.5. The number of aliphatic carboxylic acids is 1. The van der Waals surface area contributed by atoms with Gasteiger partial charge in [0.15, 0.2) is 0 Å². The van der Waals surface area contributed by atoms with E-state index >= 15 is 0 Å². The van der Waals surface area contributed by atoms with Crippen molar-refractivity contribution >= 4 is 23.6 Å². The SMILES string of the molecule is CN(CCC(=O)O)C(=O)CSc1ccccc1F. The number of hydrogen-bond acceptors (Lipinski definition) is 3. The van der Waals surface area contributed by atoms with Crippen molar-refractivity contribution in [2.45, 2.75) is 11.3 Å². The summed E-state index contributed by atoms with van der Waals surface area (Å²) in [7, 11) is 1.53. The van der Waals surface area contributed by atoms with Crippen LogP contribution in [-0.4, -0.2) is 41.2 Å². The smallest absolute Gasteiger partial charge is 0.305 e. The molecule has 18 heavy (non-hydrogen) atoms. The number of benzene rings is 1. The number of thioether (sulfide) groups is 1. The van der Waals surface area contributed by atoms with E-state index in [-0.39, 0.29) is 30.4 Å². The first-order valence-electron chi connectivity index (χ1n) is 5.34. The van der Waals surface area contributed by atoms with Gasteiger partial charge in [-0.2, -0.15) is 0 Å². The highest BCUT2D eigenvalue weighted by atomic mass is 32.2. The molecule has 1 amide bonds. The molecule has 0 heterocycles. The summed E-state index contributed by atoms with van der Waals surface area (Å²) in [5, 5.41) is 8.50. The van der Waals surface area contributed by atoms with Crippen LogP contribution >= 0.6 is 11.8 Å². The molecule has 0 atom stereocenters. The van der Waals surface area contributed by atoms with Crippen molar-refractivity contribution in [2.75, 3.05) is 19.3 Å². The summed E-state index contributed by atoms with van der Waals surface area (Å²) in [6, 6.07) is 6.22. The Hall–Kier alpha value is -1.56. The lowest BCUT2D eigenvalue weighted by molar-refractivity contribution is -0.137. The van der Waals surface area contributed by atoms with E-state index in [9.17, 15) is 14.0 Å². The van der Waals surface area contributed by atoms with Crippen LogP contribution in [0.3, 0.4) is 0 Å². The number of rotatable bonds is 6. The van der Waals surface area contributed by atoms with Crippen LogP contribution in [0, 0.1) is 5.82 Å². The van der Waals surface area contributed by atoms with Crippen LogP contribution in [0.25, 0.3) is 0 Å². The molecule has 0 aromatic heterocycles. The normalized spacial score (nSPS) is 10.1. The fourth-order valence-electron chi connectivity index (χ4n) is 1.20. The number of halogens is 1. The molecule has 1 aromatic carbocycles. The van der Waals surface area contributed by atoms with Gasteiger partial charge in [0, 0.05) is 18.5 Å². The van der Waals surface area contributed by atoms with Gasteiger partial charge in [-0.25, -0.2) is 4.39 Å². The fraction of sp³-hybridized carbons (Fsp3) is 0.333. The highest BCUT2D eigenvalue weighted by Gasteiger charge is 2.11. The Kier molecular flexibility index (Phi) is 5.64. The van der Waals surface area contributed by atoms with Crippen LogP contribution in [0.2, 0.25) is 0 Å². The zero-order valence-corrected chi connectivity index (χ0v) is 10.7. The summed E-state index contributed by atoms with van der Waals surface area (Å²) in [4.78, 5) is 23.7. The molecule has 0 saturated heterocycles. The van der Waals surface area contributed by atoms with E-state index < -0.39 is 5.97 Å². The van der Waals surface area contributed by atoms with E-state index in [1.807, 2.05) is 0 Å². The molecule has 1 rings (SSSR count). The molecule has 0 aliphatic heterocycles. The highest BCUT2D eigenvalue weighted by molar-refractivity contribution is 8.00. The molecule has 6 heteroatoms. The first-order valence-corrected chi connectivity index (χ1v) is 6.32. The third-order valence-corrected chi connectivity index (χ3v) is 3.31. The Balaban J connectivity index is 2.41. The summed E-state index contributed by atoms with van der Waals surface area (Å²) in [5.74, 6) is -1.43. The molecular weight excluding hydrogens is 257 g/mol. The summed E-state index contributed by atoms with van der Waals surface area (Å²) < 4.78 is 13.3. The van der Waals surface area contributed by atoms with Gasteiger partial charge in [0.1, 0.15) is 5.82 Å². The second-order valence-electron chi connectivity index (χ2n) is 3.68. The molecule has 0 saturated carbocycles. The van der Waals surface area contributed by atoms with E-state index in [2.05, 4.69) is 0 Å². The van der Waals surface area contributed by atoms with Gasteiger partial charge in [-0.05, 0) is 12.1 Å². The van der Waals surface area contributed by atoms with Gasteiger partial charge in [0.05, 0.1) is 12.2 Å². The third kappa shape index (κ3) is 4.75. The summed E-state index contributed by atoms with van der Waals surface area (Å²) >= 11 is 1.10. The zero-order valence-electron chi connectivity index (χ0n) is 9.93. The van der Waals surface area contributed by atoms with Gasteiger partial charge in [-0.3, -0.25) is 9.59 Å². The van der Waals surface area contributed by atoms with Crippen molar-refractivity contribution in [2.24, 2.45) is 0 Å². The summed E-state index contributed by atoms with van der Waals surface area (Å²) in [6.07, 6.45) is -0.0907. The monoisotopic (exact) mass is 271 g/mol. The average molecular weight is 271 g/mol. The van der Waals surface area contributed by atoms with E-state index in [4.69, 9.17) is 5.11 Å². The highest BCUT2D eigenvalue weighted by Crippen LogP contribution is 2.21. The minimum Gasteiger partial charge on any atom is -0.481 e. The van der Waals surface area contributed by atoms with Gasteiger partial charge < -0.3 is 10.0 Å². The first kappa shape index (κ1) is 14.5. The van der Waals surface area contributed by atoms with Gasteiger partial charge in [0.2, 0.25) is 5.91 Å². The molecular formula is C12H14FNO3S. The van der Waals surface area contributed by atoms with Gasteiger partial charge in [0.25, 0.3) is 0 Å². The van der Waals surface area contributed by atoms with E-state index in [0.717, 1.165) is 11.8 Å². The van der Waals surface area contributed by atoms with Crippen LogP contribution < -0.4 is 0 Å². The maximum atomic E-state index is 13.3. The molecule has 0 bridgehead atoms. The van der Waals surface area contributed by atoms with E-state index in [1.165, 1.54) is 18.0 Å². The number of carboxylic acid groups (broad SMARTS) is 1. The number of nitrogens with zero attached hydrogens (tertiary/aromatic N) is 1. The van der Waals surface area contributed by atoms with Crippen molar-refractivity contribution in [3.8, 4) is 0 Å². The van der Waals surface area contributed by atoms with Gasteiger partial charge in [-0.15, -0.1) is 11.8 Å². The van der Waals surface area contributed by atoms with Gasteiger partial charge >= 0.3 is 5.97 Å². The van der Waals surface area contributed by atoms with E-state index in [0.29, 0.717) is 4.90 Å². The molecule has 4 nitrogen and oxygen atoms in total. The van der Waals surface area contributed by atoms with Crippen molar-refractivity contribution in [3.05, 3.63) is 30.1 Å². The Morgan fingerprint density at radius 1 is 1.39 bits per heavy atom. The number of hydrogen-bond donors (Lipinski definition) is 1. The van der Waals surface area contributed by atoms with Crippen LogP contribution in [-0.2, 0) is 9.59 Å². The standard InChI is InChI=1S/C12H14FNO3S/c1-14(7-6-12(16)17)11(15)8-18-10-5-3-2-4-9(10)13/h2-5H,6-8H2,1H3,(H,16,17). The number of amides is 1. The lowest BCUT2D eigenvalue weighted by atomic mass is 10.3. The quantitative estimate of drug-likeness (QED) is 0.802. The van der Waals surface area contributed by atoms with Crippen molar-refractivity contribution in [3.63, 3.8) is 0 Å². The first-order chi connectivity index (χ1) is 8.50. The van der Waals surface area contributed by atoms with Crippen LogP contribution in [0.15, 0.2) is 29.2 Å². The van der Waals surface area contributed by atoms with Crippen LogP contribution in [0.1, 0.15) is 6.42 Å². The number of carbonyl (C=O) groups is 2. The fourth-order valence-corrected chi connectivity index (χ4v) is 2.08. The predicted octanol–water partition coefficient (Wildman–Crippen LogP) is 1.85. The van der Waals surface area contributed by atoms with E-state index in [1.54, 1.807) is 18.2 Å². The maximum absolute atomic E-state index is 13.3. The molecule has 0 spiro atoms. The summed E-state index contributed by atoms with van der Waals surface area (Å²) in [6.45, 7) is 0.159.